The van der Waals surface area contributed by atoms with Crippen molar-refractivity contribution >= 4 is 15.7 Å². The molecule has 0 spiro atoms. The molecule has 1 aliphatic heterocycles. The lowest BCUT2D eigenvalue weighted by Gasteiger charge is -2.24. The number of sulfone groups is 1. The highest BCUT2D eigenvalue weighted by Gasteiger charge is 2.33. The summed E-state index contributed by atoms with van der Waals surface area (Å²) in [5.41, 5.74) is 0.473. The van der Waals surface area contributed by atoms with Gasteiger partial charge in [0.05, 0.1) is 23.7 Å². The summed E-state index contributed by atoms with van der Waals surface area (Å²) < 4.78 is 28.5. The van der Waals surface area contributed by atoms with Crippen LogP contribution < -0.4 is 4.74 Å². The van der Waals surface area contributed by atoms with Crippen LogP contribution in [-0.4, -0.2) is 50.4 Å². The van der Waals surface area contributed by atoms with Crippen LogP contribution in [0.4, 0.5) is 0 Å². The van der Waals surface area contributed by atoms with E-state index in [0.717, 1.165) is 0 Å². The fourth-order valence-corrected chi connectivity index (χ4v) is 4.14. The molecule has 1 fully saturated rings. The molecule has 2 rings (SSSR count). The van der Waals surface area contributed by atoms with Gasteiger partial charge in [0.25, 0.3) is 5.91 Å². The lowest BCUT2D eigenvalue weighted by atomic mass is 10.1. The number of hydrogen-bond donors (Lipinski definition) is 0. The van der Waals surface area contributed by atoms with Gasteiger partial charge in [-0.1, -0.05) is 12.1 Å². The van der Waals surface area contributed by atoms with Crippen LogP contribution >= 0.6 is 0 Å². The standard InChI is InChI=1S/C14H19NO4S/c1-3-19-13-7-5-4-6-12(13)14(16)15(2)11-8-9-20(17,18)10-11/h4-7,11H,3,8-10H2,1-2H3. The normalized spacial score (nSPS) is 20.6. The first-order valence-corrected chi connectivity index (χ1v) is 8.46. The first-order chi connectivity index (χ1) is 9.44. The smallest absolute Gasteiger partial charge is 0.257 e. The Labute approximate surface area is 119 Å². The molecule has 6 heteroatoms. The molecule has 1 heterocycles. The second-order valence-corrected chi connectivity index (χ2v) is 7.13. The van der Waals surface area contributed by atoms with Gasteiger partial charge in [-0.2, -0.15) is 0 Å². The number of carbonyl (C=O) groups excluding carboxylic acids is 1. The average molecular weight is 297 g/mol. The minimum Gasteiger partial charge on any atom is -0.493 e. The third kappa shape index (κ3) is 3.12. The molecule has 5 nitrogen and oxygen atoms in total. The number of nitrogens with zero attached hydrogens (tertiary/aromatic N) is 1. The van der Waals surface area contributed by atoms with Crippen LogP contribution in [0, 0.1) is 0 Å². The van der Waals surface area contributed by atoms with E-state index in [9.17, 15) is 13.2 Å². The van der Waals surface area contributed by atoms with Gasteiger partial charge in [0.15, 0.2) is 9.84 Å². The summed E-state index contributed by atoms with van der Waals surface area (Å²) in [7, 11) is -1.35. The van der Waals surface area contributed by atoms with Gasteiger partial charge in [0.1, 0.15) is 5.75 Å². The van der Waals surface area contributed by atoms with Crippen molar-refractivity contribution in [2.24, 2.45) is 0 Å². The fraction of sp³-hybridized carbons (Fsp3) is 0.500. The third-order valence-corrected chi connectivity index (χ3v) is 5.24. The lowest BCUT2D eigenvalue weighted by Crippen LogP contribution is -2.38. The highest BCUT2D eigenvalue weighted by atomic mass is 32.2. The number of carbonyl (C=O) groups is 1. The van der Waals surface area contributed by atoms with E-state index in [4.69, 9.17) is 4.74 Å². The maximum Gasteiger partial charge on any atom is 0.257 e. The molecule has 20 heavy (non-hydrogen) atoms. The first-order valence-electron chi connectivity index (χ1n) is 6.64. The molecular formula is C14H19NO4S. The Morgan fingerprint density at radius 3 is 2.70 bits per heavy atom. The number of hydrogen-bond acceptors (Lipinski definition) is 4. The maximum absolute atomic E-state index is 12.5. The SMILES string of the molecule is CCOc1ccccc1C(=O)N(C)C1CCS(=O)(=O)C1. The van der Waals surface area contributed by atoms with Crippen LogP contribution in [0.25, 0.3) is 0 Å². The Morgan fingerprint density at radius 2 is 2.10 bits per heavy atom. The Bertz CT molecular complexity index is 597. The van der Waals surface area contributed by atoms with Crippen molar-refractivity contribution in [2.45, 2.75) is 19.4 Å². The predicted octanol–water partition coefficient (Wildman–Crippen LogP) is 1.34. The van der Waals surface area contributed by atoms with Crippen molar-refractivity contribution in [3.05, 3.63) is 29.8 Å². The van der Waals surface area contributed by atoms with Crippen LogP contribution in [0.5, 0.6) is 5.75 Å². The fourth-order valence-electron chi connectivity index (χ4n) is 2.36. The summed E-state index contributed by atoms with van der Waals surface area (Å²) in [5.74, 6) is 0.540. The molecule has 1 saturated heterocycles. The third-order valence-electron chi connectivity index (χ3n) is 3.49. The molecule has 1 aliphatic rings. The maximum atomic E-state index is 12.5. The highest BCUT2D eigenvalue weighted by Crippen LogP contribution is 2.23. The number of rotatable bonds is 4. The van der Waals surface area contributed by atoms with Crippen molar-refractivity contribution in [1.82, 2.24) is 4.90 Å². The van der Waals surface area contributed by atoms with Crippen molar-refractivity contribution in [1.29, 1.82) is 0 Å². The van der Waals surface area contributed by atoms with Crippen molar-refractivity contribution in [2.75, 3.05) is 25.2 Å². The van der Waals surface area contributed by atoms with Gasteiger partial charge in [-0.25, -0.2) is 8.42 Å². The second-order valence-electron chi connectivity index (χ2n) is 4.90. The van der Waals surface area contributed by atoms with E-state index in [-0.39, 0.29) is 23.5 Å². The van der Waals surface area contributed by atoms with Crippen LogP contribution in [0.3, 0.4) is 0 Å². The summed E-state index contributed by atoms with van der Waals surface area (Å²) in [6.07, 6.45) is 0.501. The van der Waals surface area contributed by atoms with E-state index in [1.54, 1.807) is 25.2 Å². The zero-order valence-electron chi connectivity index (χ0n) is 11.7. The molecule has 1 unspecified atom stereocenters. The molecule has 0 saturated carbocycles. The number of para-hydroxylation sites is 1. The lowest BCUT2D eigenvalue weighted by molar-refractivity contribution is 0.0743. The molecule has 0 aliphatic carbocycles. The molecule has 0 N–H and O–H groups in total. The van der Waals surface area contributed by atoms with Crippen LogP contribution in [-0.2, 0) is 9.84 Å². The van der Waals surface area contributed by atoms with E-state index in [2.05, 4.69) is 0 Å². The molecule has 1 amide bonds. The molecular weight excluding hydrogens is 278 g/mol. The Kier molecular flexibility index (Phi) is 4.32. The summed E-state index contributed by atoms with van der Waals surface area (Å²) in [6.45, 7) is 2.33. The van der Waals surface area contributed by atoms with E-state index in [1.165, 1.54) is 4.90 Å². The zero-order valence-corrected chi connectivity index (χ0v) is 12.5. The minimum absolute atomic E-state index is 0.0477. The quantitative estimate of drug-likeness (QED) is 0.841. The Hall–Kier alpha value is -1.56. The van der Waals surface area contributed by atoms with Crippen molar-refractivity contribution in [3.63, 3.8) is 0 Å². The molecule has 1 atom stereocenters. The Balaban J connectivity index is 2.19. The van der Waals surface area contributed by atoms with Gasteiger partial charge in [-0.3, -0.25) is 4.79 Å². The number of ether oxygens (including phenoxy) is 1. The summed E-state index contributed by atoms with van der Waals surface area (Å²) in [6, 6.07) is 6.78. The molecule has 0 bridgehead atoms. The summed E-state index contributed by atoms with van der Waals surface area (Å²) >= 11 is 0. The Morgan fingerprint density at radius 1 is 1.40 bits per heavy atom. The van der Waals surface area contributed by atoms with Gasteiger partial charge in [-0.05, 0) is 25.5 Å². The van der Waals surface area contributed by atoms with Crippen molar-refractivity contribution < 1.29 is 17.9 Å². The number of amides is 1. The minimum atomic E-state index is -3.00. The highest BCUT2D eigenvalue weighted by molar-refractivity contribution is 7.91. The van der Waals surface area contributed by atoms with E-state index < -0.39 is 9.84 Å². The van der Waals surface area contributed by atoms with Crippen molar-refractivity contribution in [3.8, 4) is 5.75 Å². The van der Waals surface area contributed by atoms with E-state index >= 15 is 0 Å². The monoisotopic (exact) mass is 297 g/mol. The molecule has 110 valence electrons. The largest absolute Gasteiger partial charge is 0.493 e. The molecule has 1 aromatic carbocycles. The van der Waals surface area contributed by atoms with Gasteiger partial charge in [0, 0.05) is 13.1 Å². The zero-order chi connectivity index (χ0) is 14.8. The summed E-state index contributed by atoms with van der Waals surface area (Å²) in [4.78, 5) is 14.0. The van der Waals surface area contributed by atoms with Gasteiger partial charge >= 0.3 is 0 Å². The molecule has 0 aromatic heterocycles. The number of benzene rings is 1. The first kappa shape index (κ1) is 14.8. The average Bonchev–Trinajstić information content (AvgIpc) is 2.78. The van der Waals surface area contributed by atoms with Gasteiger partial charge in [-0.15, -0.1) is 0 Å². The topological polar surface area (TPSA) is 63.7 Å². The van der Waals surface area contributed by atoms with Gasteiger partial charge < -0.3 is 9.64 Å². The van der Waals surface area contributed by atoms with E-state index in [1.807, 2.05) is 13.0 Å². The molecule has 0 radical (unpaired) electrons. The van der Waals surface area contributed by atoms with Gasteiger partial charge in [0.2, 0.25) is 0 Å². The van der Waals surface area contributed by atoms with E-state index in [0.29, 0.717) is 24.3 Å². The summed E-state index contributed by atoms with van der Waals surface area (Å²) in [5, 5.41) is 0. The van der Waals surface area contributed by atoms with Crippen LogP contribution in [0.2, 0.25) is 0 Å². The van der Waals surface area contributed by atoms with Crippen LogP contribution in [0.1, 0.15) is 23.7 Å². The molecule has 1 aromatic rings. The van der Waals surface area contributed by atoms with Crippen LogP contribution in [0.15, 0.2) is 24.3 Å². The second kappa shape index (κ2) is 5.83. The predicted molar refractivity (Wildman–Crippen MR) is 76.8 cm³/mol.